The van der Waals surface area contributed by atoms with Crippen molar-refractivity contribution >= 4 is 28.4 Å². The van der Waals surface area contributed by atoms with Crippen LogP contribution in [0, 0.1) is 18.6 Å². The predicted molar refractivity (Wildman–Crippen MR) is 138 cm³/mol. The summed E-state index contributed by atoms with van der Waals surface area (Å²) in [6.45, 7) is 12.4. The van der Waals surface area contributed by atoms with Crippen molar-refractivity contribution in [3.05, 3.63) is 66.1 Å². The van der Waals surface area contributed by atoms with Gasteiger partial charge in [0.05, 0.1) is 18.1 Å². The third kappa shape index (κ3) is 4.97. The van der Waals surface area contributed by atoms with Crippen LogP contribution in [0.5, 0.6) is 0 Å². The summed E-state index contributed by atoms with van der Waals surface area (Å²) in [4.78, 5) is 21.9. The van der Waals surface area contributed by atoms with Crippen molar-refractivity contribution in [2.24, 2.45) is 0 Å². The molecule has 0 saturated carbocycles. The number of hydrogen-bond donors (Lipinski definition) is 1. The first-order valence-electron chi connectivity index (χ1n) is 12.0. The molecule has 4 heterocycles. The summed E-state index contributed by atoms with van der Waals surface area (Å²) in [5, 5.41) is 3.60. The lowest BCUT2D eigenvalue weighted by molar-refractivity contribution is 0.128. The van der Waals surface area contributed by atoms with E-state index in [1.54, 1.807) is 25.1 Å². The first kappa shape index (κ1) is 24.0. The van der Waals surface area contributed by atoms with Crippen LogP contribution in [0.1, 0.15) is 26.5 Å². The predicted octanol–water partition coefficient (Wildman–Crippen LogP) is 5.34. The fourth-order valence-electron chi connectivity index (χ4n) is 4.45. The summed E-state index contributed by atoms with van der Waals surface area (Å²) in [5.74, 6) is -0.460. The largest absolute Gasteiger partial charge is 0.368 e. The van der Waals surface area contributed by atoms with Crippen LogP contribution in [0.4, 0.5) is 26.2 Å². The number of aryl methyl sites for hydroxylation is 1. The first-order valence-corrected chi connectivity index (χ1v) is 12.0. The molecule has 0 unspecified atom stereocenters. The van der Waals surface area contributed by atoms with Crippen molar-refractivity contribution in [2.75, 3.05) is 36.4 Å². The van der Waals surface area contributed by atoms with Gasteiger partial charge in [-0.15, -0.1) is 0 Å². The molecule has 4 aromatic rings. The maximum absolute atomic E-state index is 14.7. The van der Waals surface area contributed by atoms with Crippen LogP contribution in [0.2, 0.25) is 0 Å². The minimum absolute atomic E-state index is 0.00205. The number of rotatable bonds is 4. The van der Waals surface area contributed by atoms with Crippen LogP contribution >= 0.6 is 0 Å². The van der Waals surface area contributed by atoms with Crippen molar-refractivity contribution in [3.8, 4) is 11.3 Å². The second kappa shape index (κ2) is 9.39. The fourth-order valence-corrected chi connectivity index (χ4v) is 4.45. The lowest BCUT2D eigenvalue weighted by Gasteiger charge is -2.42. The Bertz CT molecular complexity index is 1390. The molecule has 5 rings (SSSR count). The molecular formula is C27H29F2N7. The summed E-state index contributed by atoms with van der Waals surface area (Å²) in [7, 11) is 0. The monoisotopic (exact) mass is 489 g/mol. The highest BCUT2D eigenvalue weighted by atomic mass is 19.1. The van der Waals surface area contributed by atoms with Gasteiger partial charge in [-0.05, 0) is 58.0 Å². The van der Waals surface area contributed by atoms with Crippen molar-refractivity contribution in [1.29, 1.82) is 0 Å². The molecule has 0 spiro atoms. The molecule has 1 saturated heterocycles. The van der Waals surface area contributed by atoms with Gasteiger partial charge in [-0.2, -0.15) is 0 Å². The quantitative estimate of drug-likeness (QED) is 0.415. The van der Waals surface area contributed by atoms with E-state index in [0.717, 1.165) is 38.1 Å². The van der Waals surface area contributed by atoms with Gasteiger partial charge in [0.1, 0.15) is 22.8 Å². The first-order chi connectivity index (χ1) is 17.2. The van der Waals surface area contributed by atoms with Crippen LogP contribution < -0.4 is 10.2 Å². The van der Waals surface area contributed by atoms with E-state index < -0.39 is 11.6 Å². The minimum Gasteiger partial charge on any atom is -0.368 e. The van der Waals surface area contributed by atoms with Gasteiger partial charge in [0.15, 0.2) is 5.82 Å². The zero-order chi connectivity index (χ0) is 25.4. The molecule has 1 aliphatic rings. The molecule has 9 heteroatoms. The molecule has 1 aliphatic heterocycles. The summed E-state index contributed by atoms with van der Waals surface area (Å²) in [6.07, 6.45) is 2.89. The van der Waals surface area contributed by atoms with Crippen LogP contribution in [0.3, 0.4) is 0 Å². The Morgan fingerprint density at radius 2 is 1.64 bits per heavy atom. The van der Waals surface area contributed by atoms with E-state index in [-0.39, 0.29) is 22.7 Å². The Labute approximate surface area is 209 Å². The maximum atomic E-state index is 14.7. The fraction of sp³-hybridized carbons (Fsp3) is 0.333. The van der Waals surface area contributed by atoms with Gasteiger partial charge < -0.3 is 10.2 Å². The SMILES string of the molecule is Cc1ccc2cc(-c3nc(Nc4ccc(N5CCN(C(C)(C)C)CC5)cn4)ncc3F)cc(F)c2n1. The number of piperazine rings is 1. The van der Waals surface area contributed by atoms with Gasteiger partial charge in [-0.25, -0.2) is 23.7 Å². The Kier molecular flexibility index (Phi) is 6.26. The van der Waals surface area contributed by atoms with E-state index in [2.05, 4.69) is 55.8 Å². The van der Waals surface area contributed by atoms with E-state index in [0.29, 0.717) is 22.5 Å². The number of halogens is 2. The smallest absolute Gasteiger partial charge is 0.229 e. The zero-order valence-electron chi connectivity index (χ0n) is 20.9. The second-order valence-electron chi connectivity index (χ2n) is 10.0. The average molecular weight is 490 g/mol. The highest BCUT2D eigenvalue weighted by Gasteiger charge is 2.26. The van der Waals surface area contributed by atoms with E-state index in [4.69, 9.17) is 0 Å². The maximum Gasteiger partial charge on any atom is 0.229 e. The molecule has 1 aromatic carbocycles. The summed E-state index contributed by atoms with van der Waals surface area (Å²) in [6, 6.07) is 10.3. The molecule has 0 radical (unpaired) electrons. The van der Waals surface area contributed by atoms with Crippen molar-refractivity contribution in [3.63, 3.8) is 0 Å². The molecule has 1 N–H and O–H groups in total. The van der Waals surface area contributed by atoms with Gasteiger partial charge in [0, 0.05) is 48.4 Å². The Morgan fingerprint density at radius 1 is 0.861 bits per heavy atom. The standard InChI is InChI=1S/C27H29F2N7/c1-17-5-6-18-13-19(14-21(28)24(18)32-17)25-22(29)16-31-26(34-25)33-23-8-7-20(15-30-23)35-9-11-36(12-10-35)27(2,3)4/h5-8,13-16H,9-12H2,1-4H3,(H,30,31,33,34). The van der Waals surface area contributed by atoms with E-state index in [9.17, 15) is 8.78 Å². The Hall–Kier alpha value is -3.72. The molecule has 0 aliphatic carbocycles. The third-order valence-electron chi connectivity index (χ3n) is 6.48. The Morgan fingerprint density at radius 3 is 2.33 bits per heavy atom. The van der Waals surface area contributed by atoms with Gasteiger partial charge in [-0.3, -0.25) is 9.88 Å². The lowest BCUT2D eigenvalue weighted by atomic mass is 10.0. The Balaban J connectivity index is 1.33. The molecule has 0 atom stereocenters. The van der Waals surface area contributed by atoms with E-state index in [1.807, 2.05) is 18.3 Å². The van der Waals surface area contributed by atoms with E-state index in [1.165, 1.54) is 6.07 Å². The molecule has 186 valence electrons. The molecule has 1 fully saturated rings. The van der Waals surface area contributed by atoms with Crippen molar-refractivity contribution in [2.45, 2.75) is 33.2 Å². The highest BCUT2D eigenvalue weighted by Crippen LogP contribution is 2.28. The molecular weight excluding hydrogens is 460 g/mol. The molecule has 7 nitrogen and oxygen atoms in total. The average Bonchev–Trinajstić information content (AvgIpc) is 2.85. The number of hydrogen-bond acceptors (Lipinski definition) is 7. The number of anilines is 3. The van der Waals surface area contributed by atoms with Crippen LogP contribution in [0.15, 0.2) is 48.8 Å². The molecule has 36 heavy (non-hydrogen) atoms. The topological polar surface area (TPSA) is 70.1 Å². The number of nitrogens with zero attached hydrogens (tertiary/aromatic N) is 6. The van der Waals surface area contributed by atoms with Crippen LogP contribution in [0.25, 0.3) is 22.2 Å². The van der Waals surface area contributed by atoms with Crippen LogP contribution in [-0.4, -0.2) is 56.6 Å². The van der Waals surface area contributed by atoms with Crippen molar-refractivity contribution in [1.82, 2.24) is 24.8 Å². The normalized spacial score (nSPS) is 14.9. The zero-order valence-corrected chi connectivity index (χ0v) is 20.9. The van der Waals surface area contributed by atoms with Gasteiger partial charge >= 0.3 is 0 Å². The summed E-state index contributed by atoms with van der Waals surface area (Å²) >= 11 is 0. The second-order valence-corrected chi connectivity index (χ2v) is 10.0. The number of nitrogens with one attached hydrogen (secondary N) is 1. The highest BCUT2D eigenvalue weighted by molar-refractivity contribution is 5.84. The third-order valence-corrected chi connectivity index (χ3v) is 6.48. The number of pyridine rings is 2. The summed E-state index contributed by atoms with van der Waals surface area (Å²) in [5.41, 5.74) is 2.48. The minimum atomic E-state index is -0.642. The molecule has 3 aromatic heterocycles. The van der Waals surface area contributed by atoms with Gasteiger partial charge in [0.2, 0.25) is 5.95 Å². The van der Waals surface area contributed by atoms with Gasteiger partial charge in [0.25, 0.3) is 0 Å². The van der Waals surface area contributed by atoms with Gasteiger partial charge in [-0.1, -0.05) is 6.07 Å². The number of fused-ring (bicyclic) bond motifs is 1. The summed E-state index contributed by atoms with van der Waals surface area (Å²) < 4.78 is 29.3. The number of benzene rings is 1. The molecule has 0 amide bonds. The lowest BCUT2D eigenvalue weighted by Crippen LogP contribution is -2.53. The van der Waals surface area contributed by atoms with Crippen LogP contribution in [-0.2, 0) is 0 Å². The molecule has 0 bridgehead atoms. The van der Waals surface area contributed by atoms with E-state index >= 15 is 0 Å². The number of aromatic nitrogens is 4. The van der Waals surface area contributed by atoms with Crippen molar-refractivity contribution < 1.29 is 8.78 Å².